The zero-order valence-corrected chi connectivity index (χ0v) is 14.3. The smallest absolute Gasteiger partial charge is 0.255 e. The van der Waals surface area contributed by atoms with Crippen molar-refractivity contribution in [3.63, 3.8) is 0 Å². The van der Waals surface area contributed by atoms with E-state index < -0.39 is 0 Å². The fourth-order valence-corrected chi connectivity index (χ4v) is 2.93. The van der Waals surface area contributed by atoms with Crippen LogP contribution in [0.4, 0.5) is 0 Å². The molecule has 1 aromatic heterocycles. The second-order valence-corrected chi connectivity index (χ2v) is 6.72. The van der Waals surface area contributed by atoms with Crippen LogP contribution < -0.4 is 10.9 Å². The Morgan fingerprint density at radius 1 is 1.13 bits per heavy atom. The molecule has 2 aromatic rings. The fourth-order valence-electron chi connectivity index (χ4n) is 2.93. The van der Waals surface area contributed by atoms with Crippen molar-refractivity contribution in [3.8, 4) is 11.3 Å². The summed E-state index contributed by atoms with van der Waals surface area (Å²) < 4.78 is 1.92. The number of hydrogen-bond acceptors (Lipinski definition) is 2. The maximum Gasteiger partial charge on any atom is 0.255 e. The van der Waals surface area contributed by atoms with Crippen molar-refractivity contribution >= 4 is 0 Å². The van der Waals surface area contributed by atoms with E-state index in [1.54, 1.807) is 0 Å². The lowest BCUT2D eigenvalue weighted by Gasteiger charge is -2.18. The van der Waals surface area contributed by atoms with Crippen LogP contribution in [0.25, 0.3) is 11.3 Å². The van der Waals surface area contributed by atoms with Crippen LogP contribution in [0.15, 0.2) is 41.2 Å². The lowest BCUT2D eigenvalue weighted by atomic mass is 10.1. The van der Waals surface area contributed by atoms with E-state index in [2.05, 4.69) is 56.4 Å². The van der Waals surface area contributed by atoms with Gasteiger partial charge in [0.15, 0.2) is 0 Å². The number of aryl methyl sites for hydroxylation is 1. The van der Waals surface area contributed by atoms with E-state index in [0.717, 1.165) is 23.2 Å². The number of benzene rings is 1. The van der Waals surface area contributed by atoms with Gasteiger partial charge in [-0.15, -0.1) is 0 Å². The number of hydrogen-bond donors (Lipinski definition) is 1. The first-order valence-corrected chi connectivity index (χ1v) is 8.67. The van der Waals surface area contributed by atoms with E-state index in [1.165, 1.54) is 18.4 Å². The molecule has 1 heterocycles. The van der Waals surface area contributed by atoms with Crippen molar-refractivity contribution in [1.29, 1.82) is 0 Å². The van der Waals surface area contributed by atoms with E-state index in [0.29, 0.717) is 12.6 Å². The highest BCUT2D eigenvalue weighted by Gasteiger charge is 2.21. The van der Waals surface area contributed by atoms with Crippen LogP contribution in [0.3, 0.4) is 0 Å². The molecule has 0 amide bonds. The summed E-state index contributed by atoms with van der Waals surface area (Å²) in [4.78, 5) is 12.9. The summed E-state index contributed by atoms with van der Waals surface area (Å²) in [6.07, 6.45) is 3.50. The zero-order chi connectivity index (χ0) is 16.4. The Morgan fingerprint density at radius 3 is 2.39 bits per heavy atom. The maximum atomic E-state index is 12.9. The Balaban J connectivity index is 1.98. The van der Waals surface area contributed by atoms with Gasteiger partial charge in [-0.1, -0.05) is 37.3 Å². The largest absolute Gasteiger partial charge is 0.310 e. The Kier molecular flexibility index (Phi) is 4.67. The van der Waals surface area contributed by atoms with Crippen molar-refractivity contribution in [2.24, 2.45) is 0 Å². The van der Waals surface area contributed by atoms with Gasteiger partial charge in [0.05, 0.1) is 5.69 Å². The van der Waals surface area contributed by atoms with Gasteiger partial charge in [0, 0.05) is 24.2 Å². The van der Waals surface area contributed by atoms with Crippen molar-refractivity contribution < 1.29 is 0 Å². The van der Waals surface area contributed by atoms with Gasteiger partial charge in [0.25, 0.3) is 5.56 Å². The predicted octanol–water partition coefficient (Wildman–Crippen LogP) is 3.91. The van der Waals surface area contributed by atoms with Crippen LogP contribution in [-0.2, 0) is 13.0 Å². The minimum Gasteiger partial charge on any atom is -0.310 e. The van der Waals surface area contributed by atoms with E-state index in [-0.39, 0.29) is 11.6 Å². The number of nitrogens with zero attached hydrogens (tertiary/aromatic N) is 1. The number of nitrogens with one attached hydrogen (secondary N) is 1. The molecule has 1 aliphatic rings. The molecule has 0 aliphatic heterocycles. The number of rotatable bonds is 6. The molecule has 1 aliphatic carbocycles. The molecular formula is C20H26N2O. The standard InChI is InChI=1S/C20H26N2O/c1-4-15-5-7-16(8-6-15)19-12-9-17(13-21-18-10-11-18)20(23)22(19)14(2)3/h5-9,12,14,18,21H,4,10-11,13H2,1-3H3. The van der Waals surface area contributed by atoms with Crippen LogP contribution in [0.2, 0.25) is 0 Å². The highest BCUT2D eigenvalue weighted by molar-refractivity contribution is 5.60. The first kappa shape index (κ1) is 16.0. The van der Waals surface area contributed by atoms with Crippen molar-refractivity contribution in [1.82, 2.24) is 9.88 Å². The summed E-state index contributed by atoms with van der Waals surface area (Å²) >= 11 is 0. The molecular weight excluding hydrogens is 284 g/mol. The first-order chi connectivity index (χ1) is 11.1. The second kappa shape index (κ2) is 6.71. The highest BCUT2D eigenvalue weighted by atomic mass is 16.1. The minimum absolute atomic E-state index is 0.130. The molecule has 0 unspecified atom stereocenters. The molecule has 23 heavy (non-hydrogen) atoms. The molecule has 1 fully saturated rings. The molecule has 3 heteroatoms. The Bertz CT molecular complexity index is 724. The highest BCUT2D eigenvalue weighted by Crippen LogP contribution is 2.23. The average molecular weight is 310 g/mol. The molecule has 0 bridgehead atoms. The third-order valence-electron chi connectivity index (χ3n) is 4.53. The van der Waals surface area contributed by atoms with E-state index in [4.69, 9.17) is 0 Å². The molecule has 0 saturated heterocycles. The molecule has 0 atom stereocenters. The Hall–Kier alpha value is -1.87. The van der Waals surface area contributed by atoms with Crippen molar-refractivity contribution in [3.05, 3.63) is 57.9 Å². The molecule has 1 aromatic carbocycles. The van der Waals surface area contributed by atoms with Crippen molar-refractivity contribution in [2.45, 2.75) is 58.7 Å². The summed E-state index contributed by atoms with van der Waals surface area (Å²) in [5, 5.41) is 3.44. The predicted molar refractivity (Wildman–Crippen MR) is 95.8 cm³/mol. The van der Waals surface area contributed by atoms with Gasteiger partial charge in [-0.25, -0.2) is 0 Å². The van der Waals surface area contributed by atoms with Crippen LogP contribution in [0.1, 0.15) is 50.8 Å². The van der Waals surface area contributed by atoms with Crippen LogP contribution in [-0.4, -0.2) is 10.6 Å². The quantitative estimate of drug-likeness (QED) is 0.877. The number of aromatic nitrogens is 1. The molecule has 122 valence electrons. The number of pyridine rings is 1. The van der Waals surface area contributed by atoms with E-state index in [1.807, 2.05) is 10.6 Å². The molecule has 3 nitrogen and oxygen atoms in total. The van der Waals surface area contributed by atoms with Gasteiger partial charge in [-0.2, -0.15) is 0 Å². The third kappa shape index (κ3) is 3.56. The van der Waals surface area contributed by atoms with Crippen molar-refractivity contribution in [2.75, 3.05) is 0 Å². The Morgan fingerprint density at radius 2 is 1.83 bits per heavy atom. The van der Waals surface area contributed by atoms with Crippen LogP contribution in [0.5, 0.6) is 0 Å². The van der Waals surface area contributed by atoms with Crippen LogP contribution in [0, 0.1) is 0 Å². The minimum atomic E-state index is 0.130. The molecule has 0 radical (unpaired) electrons. The van der Waals surface area contributed by atoms with Crippen LogP contribution >= 0.6 is 0 Å². The monoisotopic (exact) mass is 310 g/mol. The summed E-state index contributed by atoms with van der Waals surface area (Å²) in [5.41, 5.74) is 4.42. The van der Waals surface area contributed by atoms with Gasteiger partial charge in [-0.3, -0.25) is 4.79 Å². The van der Waals surface area contributed by atoms with Gasteiger partial charge < -0.3 is 9.88 Å². The van der Waals surface area contributed by atoms with Gasteiger partial charge in [-0.05, 0) is 50.3 Å². The van der Waals surface area contributed by atoms with E-state index in [9.17, 15) is 4.79 Å². The molecule has 1 N–H and O–H groups in total. The summed E-state index contributed by atoms with van der Waals surface area (Å²) in [7, 11) is 0. The normalized spacial score (nSPS) is 14.4. The lowest BCUT2D eigenvalue weighted by Crippen LogP contribution is -2.29. The van der Waals surface area contributed by atoms with Gasteiger partial charge in [0.1, 0.15) is 0 Å². The first-order valence-electron chi connectivity index (χ1n) is 8.67. The second-order valence-electron chi connectivity index (χ2n) is 6.72. The summed E-state index contributed by atoms with van der Waals surface area (Å²) in [5.74, 6) is 0. The average Bonchev–Trinajstić information content (AvgIpc) is 3.37. The summed E-state index contributed by atoms with van der Waals surface area (Å²) in [6, 6.07) is 13.4. The lowest BCUT2D eigenvalue weighted by molar-refractivity contribution is 0.573. The maximum absolute atomic E-state index is 12.9. The molecule has 0 spiro atoms. The summed E-state index contributed by atoms with van der Waals surface area (Å²) in [6.45, 7) is 6.97. The van der Waals surface area contributed by atoms with Gasteiger partial charge in [0.2, 0.25) is 0 Å². The Labute approximate surface area is 138 Å². The SMILES string of the molecule is CCc1ccc(-c2ccc(CNC3CC3)c(=O)n2C(C)C)cc1. The topological polar surface area (TPSA) is 34.0 Å². The third-order valence-corrected chi connectivity index (χ3v) is 4.53. The molecule has 3 rings (SSSR count). The van der Waals surface area contributed by atoms with E-state index >= 15 is 0 Å². The fraction of sp³-hybridized carbons (Fsp3) is 0.450. The van der Waals surface area contributed by atoms with Gasteiger partial charge >= 0.3 is 0 Å². The molecule has 1 saturated carbocycles. The zero-order valence-electron chi connectivity index (χ0n) is 14.3.